The Balaban J connectivity index is 0.000000241. The second-order valence-corrected chi connectivity index (χ2v) is 8.56. The maximum absolute atomic E-state index is 7.89. The number of rotatable bonds is 1. The Labute approximate surface area is 86.5 Å². The minimum absolute atomic E-state index is 1.32. The van der Waals surface area contributed by atoms with Crippen molar-refractivity contribution >= 4 is 8.24 Å². The number of aryl methyl sites for hydroxylation is 1. The number of hydrogen-bond donors (Lipinski definition) is 0. The molecule has 0 saturated heterocycles. The zero-order valence-electron chi connectivity index (χ0n) is 9.23. The van der Waals surface area contributed by atoms with Crippen LogP contribution in [0.3, 0.4) is 0 Å². The predicted octanol–water partition coefficient (Wildman–Crippen LogP) is 4.13. The van der Waals surface area contributed by atoms with Gasteiger partial charge in [0.25, 0.3) is 0 Å². The first-order chi connectivity index (χ1) is 6.45. The monoisotopic (exact) mass is 207 g/mol. The molecule has 0 aliphatic rings. The van der Waals surface area contributed by atoms with E-state index in [1.165, 1.54) is 5.56 Å². The van der Waals surface area contributed by atoms with Crippen LogP contribution in [0.1, 0.15) is 5.56 Å². The lowest BCUT2D eigenvalue weighted by molar-refractivity contribution is 1.48. The number of hydrogen-bond acceptors (Lipinski definition) is 1. The second-order valence-electron chi connectivity index (χ2n) is 4.01. The minimum Gasteiger partial charge on any atom is -0.125 e. The van der Waals surface area contributed by atoms with Crippen LogP contribution in [0.15, 0.2) is 35.1 Å². The molecule has 14 heavy (non-hydrogen) atoms. The molecule has 76 valence electrons. The molecule has 0 atom stereocenters. The van der Waals surface area contributed by atoms with Gasteiger partial charge in [-0.1, -0.05) is 55.5 Å². The van der Waals surface area contributed by atoms with Gasteiger partial charge in [0.2, 0.25) is 0 Å². The highest BCUT2D eigenvalue weighted by Gasteiger charge is 2.07. The van der Waals surface area contributed by atoms with Crippen LogP contribution in [0.4, 0.5) is 0 Å². The molecule has 0 aliphatic heterocycles. The zero-order valence-corrected chi connectivity index (χ0v) is 10.2. The van der Waals surface area contributed by atoms with E-state index in [0.29, 0.717) is 0 Å². The molecule has 3 nitrogen and oxygen atoms in total. The van der Waals surface area contributed by atoms with E-state index in [0.717, 1.165) is 0 Å². The van der Waals surface area contributed by atoms with Crippen LogP contribution in [0.5, 0.6) is 0 Å². The highest BCUT2D eigenvalue weighted by Crippen LogP contribution is 2.00. The van der Waals surface area contributed by atoms with E-state index < -0.39 is 8.24 Å². The number of azide groups is 1. The van der Waals surface area contributed by atoms with Gasteiger partial charge in [-0.05, 0) is 17.4 Å². The van der Waals surface area contributed by atoms with Crippen LogP contribution in [0.2, 0.25) is 19.6 Å². The third-order valence-corrected chi connectivity index (χ3v) is 1.97. The van der Waals surface area contributed by atoms with Crippen molar-refractivity contribution in [3.8, 4) is 0 Å². The summed E-state index contributed by atoms with van der Waals surface area (Å²) in [7, 11) is -1.45. The van der Waals surface area contributed by atoms with Gasteiger partial charge in [-0.2, -0.15) is 0 Å². The van der Waals surface area contributed by atoms with Crippen molar-refractivity contribution < 1.29 is 0 Å². The summed E-state index contributed by atoms with van der Waals surface area (Å²) in [6.07, 6.45) is 0. The summed E-state index contributed by atoms with van der Waals surface area (Å²) >= 11 is 0. The highest BCUT2D eigenvalue weighted by atomic mass is 28.3. The summed E-state index contributed by atoms with van der Waals surface area (Å²) in [5.74, 6) is 0. The molecule has 0 amide bonds. The van der Waals surface area contributed by atoms with Gasteiger partial charge < -0.3 is 0 Å². The molecule has 1 aromatic rings. The summed E-state index contributed by atoms with van der Waals surface area (Å²) in [4.78, 5) is 2.69. The van der Waals surface area contributed by atoms with Gasteiger partial charge in [0.05, 0.1) is 0 Å². The van der Waals surface area contributed by atoms with Crippen molar-refractivity contribution in [2.75, 3.05) is 0 Å². The first kappa shape index (κ1) is 12.7. The Morgan fingerprint density at radius 2 is 1.64 bits per heavy atom. The molecule has 0 heterocycles. The van der Waals surface area contributed by atoms with Crippen molar-refractivity contribution in [3.05, 3.63) is 46.3 Å². The van der Waals surface area contributed by atoms with Crippen molar-refractivity contribution in [1.82, 2.24) is 0 Å². The normalized spacial score (nSPS) is 9.43. The summed E-state index contributed by atoms with van der Waals surface area (Å²) in [6, 6.07) is 10.3. The predicted molar refractivity (Wildman–Crippen MR) is 63.7 cm³/mol. The molecule has 4 heteroatoms. The molecule has 0 bridgehead atoms. The fraction of sp³-hybridized carbons (Fsp3) is 0.400. The Bertz CT molecular complexity index is 297. The van der Waals surface area contributed by atoms with Crippen molar-refractivity contribution in [3.63, 3.8) is 0 Å². The van der Waals surface area contributed by atoms with Crippen LogP contribution in [0.25, 0.3) is 10.4 Å². The zero-order chi connectivity index (χ0) is 11.0. The molecule has 1 rings (SSSR count). The van der Waals surface area contributed by atoms with Crippen LogP contribution in [0, 0.1) is 6.92 Å². The molecule has 0 spiro atoms. The molecule has 0 fully saturated rings. The van der Waals surface area contributed by atoms with Gasteiger partial charge in [0.1, 0.15) is 8.24 Å². The summed E-state index contributed by atoms with van der Waals surface area (Å²) in [6.45, 7) is 8.06. The van der Waals surface area contributed by atoms with Crippen LogP contribution in [-0.2, 0) is 0 Å². The van der Waals surface area contributed by atoms with Crippen molar-refractivity contribution in [1.29, 1.82) is 0 Å². The lowest BCUT2D eigenvalue weighted by Crippen LogP contribution is -2.13. The summed E-state index contributed by atoms with van der Waals surface area (Å²) in [5, 5.41) is 0. The van der Waals surface area contributed by atoms with E-state index in [4.69, 9.17) is 5.53 Å². The third kappa shape index (κ3) is 8.84. The highest BCUT2D eigenvalue weighted by molar-refractivity contribution is 6.74. The van der Waals surface area contributed by atoms with Gasteiger partial charge in [-0.3, -0.25) is 0 Å². The van der Waals surface area contributed by atoms with Gasteiger partial charge in [0.15, 0.2) is 0 Å². The quantitative estimate of drug-likeness (QED) is 0.288. The summed E-state index contributed by atoms with van der Waals surface area (Å²) in [5.41, 5.74) is 9.22. The van der Waals surface area contributed by atoms with Gasteiger partial charge in [0, 0.05) is 0 Å². The van der Waals surface area contributed by atoms with Crippen molar-refractivity contribution in [2.24, 2.45) is 4.78 Å². The average molecular weight is 207 g/mol. The molecule has 1 aromatic carbocycles. The molecular weight excluding hydrogens is 190 g/mol. The SMILES string of the molecule is C[Si](C)(C)N=[N+]=[N-].Cc1ccccc1. The van der Waals surface area contributed by atoms with E-state index in [1.807, 2.05) is 37.8 Å². The first-order valence-corrected chi connectivity index (χ1v) is 7.98. The van der Waals surface area contributed by atoms with E-state index in [9.17, 15) is 0 Å². The van der Waals surface area contributed by atoms with E-state index >= 15 is 0 Å². The molecule has 0 saturated carbocycles. The fourth-order valence-corrected chi connectivity index (χ4v) is 0.937. The third-order valence-electron chi connectivity index (χ3n) is 1.29. The van der Waals surface area contributed by atoms with E-state index in [2.05, 4.69) is 28.7 Å². The van der Waals surface area contributed by atoms with Crippen LogP contribution in [-0.4, -0.2) is 8.24 Å². The minimum atomic E-state index is -1.45. The smallest absolute Gasteiger partial charge is 0.125 e. The van der Waals surface area contributed by atoms with Crippen molar-refractivity contribution in [2.45, 2.75) is 26.6 Å². The number of nitrogens with zero attached hydrogens (tertiary/aromatic N) is 3. The number of benzene rings is 1. The topological polar surface area (TPSA) is 48.8 Å². The Kier molecular flexibility index (Phi) is 5.68. The second kappa shape index (κ2) is 6.24. The standard InChI is InChI=1S/C7H8.C3H9N3Si/c1-7-5-3-2-4-6-7;1-7(2,3)6-5-4/h2-6H,1H3;1-3H3. The van der Waals surface area contributed by atoms with Gasteiger partial charge in [-0.25, -0.2) is 0 Å². The lowest BCUT2D eigenvalue weighted by Gasteiger charge is -2.01. The Morgan fingerprint density at radius 3 is 1.79 bits per heavy atom. The molecule has 0 aliphatic carbocycles. The van der Waals surface area contributed by atoms with Crippen LogP contribution < -0.4 is 0 Å². The maximum atomic E-state index is 7.89. The molecule has 0 N–H and O–H groups in total. The Morgan fingerprint density at radius 1 is 1.14 bits per heavy atom. The molecule has 0 radical (unpaired) electrons. The molecule has 0 unspecified atom stereocenters. The van der Waals surface area contributed by atoms with Gasteiger partial charge in [-0.15, -0.1) is 4.78 Å². The Hall–Kier alpha value is -1.25. The average Bonchev–Trinajstić information content (AvgIpc) is 2.04. The van der Waals surface area contributed by atoms with Crippen LogP contribution >= 0.6 is 0 Å². The maximum Gasteiger partial charge on any atom is 0.146 e. The largest absolute Gasteiger partial charge is 0.146 e. The van der Waals surface area contributed by atoms with E-state index in [-0.39, 0.29) is 0 Å². The fourth-order valence-electron chi connectivity index (χ4n) is 0.669. The summed E-state index contributed by atoms with van der Waals surface area (Å²) < 4.78 is 3.58. The van der Waals surface area contributed by atoms with Gasteiger partial charge >= 0.3 is 0 Å². The molecule has 0 aromatic heterocycles. The molecular formula is C10H17N3Si. The first-order valence-electron chi connectivity index (χ1n) is 4.53. The van der Waals surface area contributed by atoms with E-state index in [1.54, 1.807) is 0 Å². The lowest BCUT2D eigenvalue weighted by atomic mass is 10.2.